The Morgan fingerprint density at radius 1 is 1.40 bits per heavy atom. The molecule has 0 aliphatic heterocycles. The second kappa shape index (κ2) is 8.10. The molecule has 0 atom stereocenters. The lowest BCUT2D eigenvalue weighted by molar-refractivity contribution is 0.358. The van der Waals surface area contributed by atoms with Crippen LogP contribution < -0.4 is 5.32 Å². The van der Waals surface area contributed by atoms with E-state index in [0.29, 0.717) is 13.1 Å². The zero-order valence-corrected chi connectivity index (χ0v) is 9.53. The number of azide groups is 1. The summed E-state index contributed by atoms with van der Waals surface area (Å²) in [5, 5.41) is 15.8. The Bertz CT molecular complexity index is 243. The Balaban J connectivity index is 4.21. The van der Waals surface area contributed by atoms with Crippen LogP contribution in [0.25, 0.3) is 10.4 Å². The van der Waals surface area contributed by atoms with Crippen molar-refractivity contribution in [2.45, 2.75) is 45.1 Å². The van der Waals surface area contributed by atoms with Crippen molar-refractivity contribution in [1.82, 2.24) is 5.32 Å². The van der Waals surface area contributed by atoms with E-state index in [1.54, 1.807) is 0 Å². The van der Waals surface area contributed by atoms with Gasteiger partial charge < -0.3 is 0 Å². The molecule has 0 rings (SSSR count). The quantitative estimate of drug-likeness (QED) is 0.288. The van der Waals surface area contributed by atoms with Gasteiger partial charge in [-0.25, -0.2) is 0 Å². The minimum absolute atomic E-state index is 0.396. The van der Waals surface area contributed by atoms with Crippen LogP contribution in [0.3, 0.4) is 0 Å². The largest absolute Gasteiger partial charge is 0.299 e. The van der Waals surface area contributed by atoms with E-state index in [0.717, 1.165) is 25.7 Å². The highest BCUT2D eigenvalue weighted by Crippen LogP contribution is 2.18. The molecule has 0 bridgehead atoms. The van der Waals surface area contributed by atoms with Crippen molar-refractivity contribution >= 4 is 0 Å². The fourth-order valence-electron chi connectivity index (χ4n) is 1.70. The predicted octanol–water partition coefficient (Wildman–Crippen LogP) is 2.75. The van der Waals surface area contributed by atoms with Gasteiger partial charge in [-0.1, -0.05) is 31.8 Å². The molecular formula is C10H19N5. The third kappa shape index (κ3) is 5.26. The first kappa shape index (κ1) is 13.8. The Hall–Kier alpha value is -1.24. The highest BCUT2D eigenvalue weighted by molar-refractivity contribution is 5.06. The van der Waals surface area contributed by atoms with Crippen LogP contribution in [0.4, 0.5) is 0 Å². The average molecular weight is 209 g/mol. The highest BCUT2D eigenvalue weighted by Gasteiger charge is 2.26. The number of nitrogens with zero attached hydrogens (tertiary/aromatic N) is 4. The molecule has 0 fully saturated rings. The topological polar surface area (TPSA) is 84.6 Å². The summed E-state index contributed by atoms with van der Waals surface area (Å²) in [5.74, 6) is 0. The van der Waals surface area contributed by atoms with E-state index >= 15 is 0 Å². The van der Waals surface area contributed by atoms with Crippen LogP contribution in [-0.2, 0) is 0 Å². The van der Waals surface area contributed by atoms with Gasteiger partial charge in [-0.2, -0.15) is 5.26 Å². The van der Waals surface area contributed by atoms with Gasteiger partial charge in [0.25, 0.3) is 0 Å². The van der Waals surface area contributed by atoms with Gasteiger partial charge in [0.15, 0.2) is 0 Å². The van der Waals surface area contributed by atoms with Crippen molar-refractivity contribution < 1.29 is 0 Å². The van der Waals surface area contributed by atoms with Crippen molar-refractivity contribution in [2.24, 2.45) is 5.11 Å². The molecule has 0 amide bonds. The summed E-state index contributed by atoms with van der Waals surface area (Å²) in [6.45, 7) is 5.10. The molecule has 84 valence electrons. The van der Waals surface area contributed by atoms with E-state index in [1.807, 2.05) is 0 Å². The van der Waals surface area contributed by atoms with Crippen molar-refractivity contribution in [3.05, 3.63) is 10.4 Å². The lowest BCUT2D eigenvalue weighted by atomic mass is 9.90. The lowest BCUT2D eigenvalue weighted by Gasteiger charge is -2.27. The number of nitrogens with one attached hydrogen (secondary N) is 1. The first-order valence-corrected chi connectivity index (χ1v) is 5.41. The van der Waals surface area contributed by atoms with Gasteiger partial charge in [0, 0.05) is 18.0 Å². The van der Waals surface area contributed by atoms with E-state index in [1.165, 1.54) is 0 Å². The van der Waals surface area contributed by atoms with Crippen LogP contribution in [0.15, 0.2) is 5.11 Å². The molecule has 0 saturated carbocycles. The first-order valence-electron chi connectivity index (χ1n) is 5.41. The summed E-state index contributed by atoms with van der Waals surface area (Å²) in [7, 11) is 0. The van der Waals surface area contributed by atoms with Gasteiger partial charge in [-0.05, 0) is 18.4 Å². The van der Waals surface area contributed by atoms with Crippen LogP contribution in [0.1, 0.15) is 39.5 Å². The molecule has 0 aromatic rings. The van der Waals surface area contributed by atoms with Crippen molar-refractivity contribution in [1.29, 1.82) is 5.26 Å². The number of hydrogen-bond donors (Lipinski definition) is 1. The number of rotatable bonds is 8. The molecule has 5 nitrogen and oxygen atoms in total. The van der Waals surface area contributed by atoms with Gasteiger partial charge in [-0.15, -0.1) is 0 Å². The number of nitriles is 1. The summed E-state index contributed by atoms with van der Waals surface area (Å²) >= 11 is 0. The minimum atomic E-state index is -0.436. The van der Waals surface area contributed by atoms with Crippen LogP contribution in [0.5, 0.6) is 0 Å². The van der Waals surface area contributed by atoms with Crippen molar-refractivity contribution in [2.75, 3.05) is 13.1 Å². The van der Waals surface area contributed by atoms with E-state index in [-0.39, 0.29) is 0 Å². The summed E-state index contributed by atoms with van der Waals surface area (Å²) in [6.07, 6.45) is 3.63. The Morgan fingerprint density at radius 2 is 2.00 bits per heavy atom. The standard InChI is InChI=1S/C10H19N5/c1-3-5-10(9-11,6-4-2)13-7-8-14-15-12/h13H,3-8H2,1-2H3. The summed E-state index contributed by atoms with van der Waals surface area (Å²) in [6, 6.07) is 2.35. The Kier molecular flexibility index (Phi) is 7.43. The zero-order valence-electron chi connectivity index (χ0n) is 9.53. The van der Waals surface area contributed by atoms with Gasteiger partial charge in [0.1, 0.15) is 5.54 Å². The third-order valence-corrected chi connectivity index (χ3v) is 2.31. The Morgan fingerprint density at radius 3 is 2.40 bits per heavy atom. The fourth-order valence-corrected chi connectivity index (χ4v) is 1.70. The maximum Gasteiger partial charge on any atom is 0.106 e. The molecule has 0 unspecified atom stereocenters. The lowest BCUT2D eigenvalue weighted by Crippen LogP contribution is -2.44. The monoisotopic (exact) mass is 209 g/mol. The van der Waals surface area contributed by atoms with Crippen molar-refractivity contribution in [3.8, 4) is 6.07 Å². The van der Waals surface area contributed by atoms with E-state index < -0.39 is 5.54 Å². The van der Waals surface area contributed by atoms with Gasteiger partial charge >= 0.3 is 0 Å². The number of hydrogen-bond acceptors (Lipinski definition) is 3. The summed E-state index contributed by atoms with van der Waals surface area (Å²) < 4.78 is 0. The molecule has 1 N–H and O–H groups in total. The molecule has 0 aliphatic rings. The van der Waals surface area contributed by atoms with Crippen LogP contribution in [-0.4, -0.2) is 18.6 Å². The van der Waals surface area contributed by atoms with Crippen LogP contribution in [0.2, 0.25) is 0 Å². The molecule has 0 aromatic heterocycles. The van der Waals surface area contributed by atoms with Gasteiger partial charge in [-0.3, -0.25) is 5.32 Å². The molecule has 5 heteroatoms. The van der Waals surface area contributed by atoms with Gasteiger partial charge in [0.05, 0.1) is 6.07 Å². The molecule has 15 heavy (non-hydrogen) atoms. The van der Waals surface area contributed by atoms with E-state index in [4.69, 9.17) is 5.53 Å². The summed E-state index contributed by atoms with van der Waals surface area (Å²) in [5.41, 5.74) is 7.69. The molecule has 0 aromatic carbocycles. The molecule has 0 aliphatic carbocycles. The van der Waals surface area contributed by atoms with Crippen molar-refractivity contribution in [3.63, 3.8) is 0 Å². The molecule has 0 saturated heterocycles. The normalized spacial score (nSPS) is 10.5. The molecular weight excluding hydrogens is 190 g/mol. The Labute approximate surface area is 91.1 Å². The zero-order chi connectivity index (χ0) is 11.6. The van der Waals surface area contributed by atoms with Crippen LogP contribution >= 0.6 is 0 Å². The maximum absolute atomic E-state index is 9.18. The van der Waals surface area contributed by atoms with E-state index in [2.05, 4.69) is 35.3 Å². The highest BCUT2D eigenvalue weighted by atomic mass is 15.1. The third-order valence-electron chi connectivity index (χ3n) is 2.31. The van der Waals surface area contributed by atoms with Crippen LogP contribution in [0, 0.1) is 11.3 Å². The predicted molar refractivity (Wildman–Crippen MR) is 60.2 cm³/mol. The molecule has 0 spiro atoms. The smallest absolute Gasteiger partial charge is 0.106 e. The fraction of sp³-hybridized carbons (Fsp3) is 0.900. The minimum Gasteiger partial charge on any atom is -0.299 e. The average Bonchev–Trinajstić information content (AvgIpc) is 2.25. The SMILES string of the molecule is CCCC(C#N)(CCC)NCCN=[N+]=[N-]. The first-order chi connectivity index (χ1) is 7.24. The summed E-state index contributed by atoms with van der Waals surface area (Å²) in [4.78, 5) is 2.68. The maximum atomic E-state index is 9.18. The molecule has 0 radical (unpaired) electrons. The van der Waals surface area contributed by atoms with Gasteiger partial charge in [0.2, 0.25) is 0 Å². The second-order valence-corrected chi connectivity index (χ2v) is 3.58. The van der Waals surface area contributed by atoms with E-state index in [9.17, 15) is 5.26 Å². The molecule has 0 heterocycles. The second-order valence-electron chi connectivity index (χ2n) is 3.58.